The molecule has 0 fully saturated rings. The van der Waals surface area contributed by atoms with Crippen molar-refractivity contribution in [1.82, 2.24) is 10.6 Å². The molecule has 0 aromatic carbocycles. The fraction of sp³-hybridized carbons (Fsp3) is 0.900. The second-order valence-electron chi connectivity index (χ2n) is 8.91. The molecule has 0 unspecified atom stereocenters. The van der Waals surface area contributed by atoms with Gasteiger partial charge in [-0.15, -0.1) is 0 Å². The van der Waals surface area contributed by atoms with Crippen LogP contribution in [0.4, 0.5) is 4.79 Å². The summed E-state index contributed by atoms with van der Waals surface area (Å²) < 4.78 is 0. The van der Waals surface area contributed by atoms with E-state index in [-0.39, 0.29) is 11.4 Å². The molecule has 0 aromatic rings. The number of Topliss-reactive ketones (excluding diaryl/α,β-unsaturated/α-hetero) is 1. The van der Waals surface area contributed by atoms with Crippen LogP contribution in [0.25, 0.3) is 0 Å². The minimum atomic E-state index is -0.224. The van der Waals surface area contributed by atoms with Crippen LogP contribution in [0.5, 0.6) is 0 Å². The van der Waals surface area contributed by atoms with Crippen LogP contribution >= 0.6 is 43.2 Å². The Morgan fingerprint density at radius 2 is 1.18 bits per heavy atom. The highest BCUT2D eigenvalue weighted by atomic mass is 33.1. The maximum Gasteiger partial charge on any atom is 0.314 e. The Balaban J connectivity index is 3.35. The van der Waals surface area contributed by atoms with Crippen molar-refractivity contribution >= 4 is 55.0 Å². The molecule has 8 heteroatoms. The minimum Gasteiger partial charge on any atom is -0.337 e. The first-order valence-corrected chi connectivity index (χ1v) is 15.0. The first kappa shape index (κ1) is 28.3. The average molecular weight is 469 g/mol. The van der Waals surface area contributed by atoms with Crippen molar-refractivity contribution in [2.75, 3.05) is 36.1 Å². The minimum absolute atomic E-state index is 0.0836. The zero-order valence-electron chi connectivity index (χ0n) is 18.5. The van der Waals surface area contributed by atoms with Gasteiger partial charge in [-0.1, -0.05) is 84.7 Å². The van der Waals surface area contributed by atoms with Crippen molar-refractivity contribution in [3.05, 3.63) is 0 Å². The van der Waals surface area contributed by atoms with Gasteiger partial charge in [0.15, 0.2) is 0 Å². The summed E-state index contributed by atoms with van der Waals surface area (Å²) in [5, 5.41) is 5.78. The summed E-state index contributed by atoms with van der Waals surface area (Å²) >= 11 is 0. The lowest BCUT2D eigenvalue weighted by Gasteiger charge is -2.17. The average Bonchev–Trinajstić information content (AvgIpc) is 2.57. The lowest BCUT2D eigenvalue weighted by atomic mass is 9.88. The predicted octanol–water partition coefficient (Wildman–Crippen LogP) is 6.27. The van der Waals surface area contributed by atoms with Crippen molar-refractivity contribution < 1.29 is 9.59 Å². The highest BCUT2D eigenvalue weighted by Gasteiger charge is 2.19. The van der Waals surface area contributed by atoms with Crippen LogP contribution in [0.15, 0.2) is 0 Å². The molecule has 4 nitrogen and oxygen atoms in total. The van der Waals surface area contributed by atoms with Gasteiger partial charge in [0.1, 0.15) is 5.78 Å². The quantitative estimate of drug-likeness (QED) is 0.218. The Morgan fingerprint density at radius 1 is 0.714 bits per heavy atom. The van der Waals surface area contributed by atoms with Crippen LogP contribution in [-0.4, -0.2) is 47.9 Å². The van der Waals surface area contributed by atoms with Crippen LogP contribution in [0.2, 0.25) is 0 Å². The third-order valence-corrected chi connectivity index (χ3v) is 8.72. The molecule has 0 aliphatic heterocycles. The first-order valence-electron chi connectivity index (χ1n) is 10.1. The number of carbonyl (C=O) groups excluding carboxylic acids is 2. The van der Waals surface area contributed by atoms with Gasteiger partial charge in [0.05, 0.1) is 0 Å². The molecular weight excluding hydrogens is 429 g/mol. The van der Waals surface area contributed by atoms with Gasteiger partial charge in [-0.25, -0.2) is 4.79 Å². The lowest BCUT2D eigenvalue weighted by Crippen LogP contribution is -2.37. The van der Waals surface area contributed by atoms with Crippen LogP contribution in [0, 0.1) is 10.8 Å². The SMILES string of the molecule is CC(C)(C)CCCSSCCNC(=O)NCCSSCCCC(=O)C(C)(C)C. The van der Waals surface area contributed by atoms with Gasteiger partial charge < -0.3 is 10.6 Å². The van der Waals surface area contributed by atoms with E-state index in [1.54, 1.807) is 21.6 Å². The number of urea groups is 1. The van der Waals surface area contributed by atoms with Gasteiger partial charge in [-0.2, -0.15) is 0 Å². The fourth-order valence-corrected chi connectivity index (χ4v) is 6.03. The topological polar surface area (TPSA) is 58.2 Å². The molecular formula is C20H40N2O2S4. The van der Waals surface area contributed by atoms with E-state index in [4.69, 9.17) is 0 Å². The molecule has 0 heterocycles. The van der Waals surface area contributed by atoms with E-state index in [2.05, 4.69) is 31.4 Å². The third kappa shape index (κ3) is 19.6. The van der Waals surface area contributed by atoms with E-state index in [1.807, 2.05) is 42.4 Å². The smallest absolute Gasteiger partial charge is 0.314 e. The van der Waals surface area contributed by atoms with Crippen molar-refractivity contribution in [3.63, 3.8) is 0 Å². The Bertz CT molecular complexity index is 435. The summed E-state index contributed by atoms with van der Waals surface area (Å²) in [6, 6.07) is -0.0836. The second-order valence-corrected chi connectivity index (χ2v) is 14.3. The van der Waals surface area contributed by atoms with Gasteiger partial charge in [0.25, 0.3) is 0 Å². The summed E-state index contributed by atoms with van der Waals surface area (Å²) in [5.41, 5.74) is 0.200. The standard InChI is InChI=1S/C20H40N2O2S4/c1-19(2,3)10-8-14-26-28-16-12-22-18(24)21-11-15-27-25-13-7-9-17(23)20(4,5)6/h7-16H2,1-6H3,(H2,21,22,24). The van der Waals surface area contributed by atoms with Crippen molar-refractivity contribution in [2.45, 2.75) is 67.2 Å². The monoisotopic (exact) mass is 468 g/mol. The largest absolute Gasteiger partial charge is 0.337 e. The maximum atomic E-state index is 11.8. The molecule has 0 saturated heterocycles. The van der Waals surface area contributed by atoms with Crippen molar-refractivity contribution in [2.24, 2.45) is 10.8 Å². The van der Waals surface area contributed by atoms with Gasteiger partial charge in [0.2, 0.25) is 0 Å². The van der Waals surface area contributed by atoms with Crippen LogP contribution < -0.4 is 10.6 Å². The van der Waals surface area contributed by atoms with Crippen molar-refractivity contribution in [1.29, 1.82) is 0 Å². The normalized spacial score (nSPS) is 12.1. The van der Waals surface area contributed by atoms with E-state index in [0.29, 0.717) is 30.7 Å². The van der Waals surface area contributed by atoms with E-state index >= 15 is 0 Å². The molecule has 2 amide bonds. The number of ketones is 1. The highest BCUT2D eigenvalue weighted by Crippen LogP contribution is 2.26. The molecule has 0 aliphatic rings. The number of nitrogens with one attached hydrogen (secondary N) is 2. The van der Waals surface area contributed by atoms with E-state index < -0.39 is 0 Å². The van der Waals surface area contributed by atoms with Crippen LogP contribution in [0.3, 0.4) is 0 Å². The summed E-state index contributed by atoms with van der Waals surface area (Å²) in [5.74, 6) is 4.30. The molecule has 0 aliphatic carbocycles. The molecule has 0 saturated carbocycles. The molecule has 28 heavy (non-hydrogen) atoms. The number of carbonyl (C=O) groups is 2. The van der Waals surface area contributed by atoms with E-state index in [0.717, 1.165) is 23.7 Å². The molecule has 0 rings (SSSR count). The molecule has 0 aromatic heterocycles. The zero-order valence-corrected chi connectivity index (χ0v) is 21.8. The van der Waals surface area contributed by atoms with Crippen LogP contribution in [0.1, 0.15) is 67.2 Å². The summed E-state index contributed by atoms with van der Waals surface area (Å²) in [6.45, 7) is 14.1. The van der Waals surface area contributed by atoms with E-state index in [9.17, 15) is 9.59 Å². The van der Waals surface area contributed by atoms with Gasteiger partial charge in [-0.05, 0) is 24.7 Å². The fourth-order valence-electron chi connectivity index (χ4n) is 2.04. The zero-order chi connectivity index (χ0) is 21.5. The number of hydrogen-bond acceptors (Lipinski definition) is 6. The highest BCUT2D eigenvalue weighted by molar-refractivity contribution is 8.77. The van der Waals surface area contributed by atoms with Gasteiger partial charge in [0, 0.05) is 47.9 Å². The molecule has 0 spiro atoms. The van der Waals surface area contributed by atoms with E-state index in [1.165, 1.54) is 18.6 Å². The van der Waals surface area contributed by atoms with Crippen LogP contribution in [-0.2, 0) is 4.79 Å². The number of rotatable bonds is 15. The first-order chi connectivity index (χ1) is 13.0. The summed E-state index contributed by atoms with van der Waals surface area (Å²) in [7, 11) is 7.26. The Kier molecular flexibility index (Phi) is 16.3. The number of amides is 2. The molecule has 2 N–H and O–H groups in total. The second kappa shape index (κ2) is 16.1. The molecule has 0 radical (unpaired) electrons. The van der Waals surface area contributed by atoms with Crippen molar-refractivity contribution in [3.8, 4) is 0 Å². The van der Waals surface area contributed by atoms with Gasteiger partial charge >= 0.3 is 6.03 Å². The summed E-state index contributed by atoms with van der Waals surface area (Å²) in [6.07, 6.45) is 4.09. The third-order valence-electron chi connectivity index (χ3n) is 3.73. The summed E-state index contributed by atoms with van der Waals surface area (Å²) in [4.78, 5) is 23.5. The Labute approximate surface area is 188 Å². The Hall–Kier alpha value is 0.340. The maximum absolute atomic E-state index is 11.8. The lowest BCUT2D eigenvalue weighted by molar-refractivity contribution is -0.126. The Morgan fingerprint density at radius 3 is 1.64 bits per heavy atom. The van der Waals surface area contributed by atoms with Gasteiger partial charge in [-0.3, -0.25) is 4.79 Å². The predicted molar refractivity (Wildman–Crippen MR) is 134 cm³/mol. The molecule has 0 bridgehead atoms. The molecule has 0 atom stereocenters. The number of hydrogen-bond donors (Lipinski definition) is 2. The molecule has 166 valence electrons.